The van der Waals surface area contributed by atoms with Gasteiger partial charge in [-0.1, -0.05) is 127 Å². The van der Waals surface area contributed by atoms with Gasteiger partial charge in [-0.05, 0) is 41.5 Å². The molecule has 1 aliphatic rings. The second kappa shape index (κ2) is 11.1. The molecule has 0 spiro atoms. The number of hydrogen-bond acceptors (Lipinski definition) is 4. The number of nitrogens with two attached hydrogens (primary N) is 2. The van der Waals surface area contributed by atoms with Gasteiger partial charge >= 0.3 is 0 Å². The first-order valence-electron chi connectivity index (χ1n) is 13.7. The van der Waals surface area contributed by atoms with Crippen LogP contribution in [0.15, 0.2) is 169 Å². The fourth-order valence-electron chi connectivity index (χ4n) is 5.67. The Balaban J connectivity index is 1.64. The van der Waals surface area contributed by atoms with Crippen LogP contribution in [0.5, 0.6) is 0 Å². The highest BCUT2D eigenvalue weighted by Crippen LogP contribution is 2.59. The number of allylic oxidation sites excluding steroid dienone is 2. The Labute approximate surface area is 241 Å². The molecule has 0 bridgehead atoms. The molecule has 0 saturated carbocycles. The van der Waals surface area contributed by atoms with Gasteiger partial charge < -0.3 is 20.9 Å². The zero-order chi connectivity index (χ0) is 28.3. The standard InChI is InChI=1S/C36H32N3OP/c37-35-26-33(28-16-6-1-7-17-28)34(41(40,31-22-12-4-13-23-31)32-24-14-5-15-25-32)27-36(35,38)39(29-18-8-2-9-19-29)30-20-10-3-11-21-30/h1-26H,27,37-38H2. The Morgan fingerprint density at radius 2 is 0.976 bits per heavy atom. The summed E-state index contributed by atoms with van der Waals surface area (Å²) < 4.78 is 15.8. The Hall–Kier alpha value is -4.63. The Morgan fingerprint density at radius 1 is 0.585 bits per heavy atom. The third kappa shape index (κ3) is 4.82. The maximum absolute atomic E-state index is 15.8. The van der Waals surface area contributed by atoms with Crippen LogP contribution in [0.25, 0.3) is 5.57 Å². The topological polar surface area (TPSA) is 72.3 Å². The molecule has 1 aliphatic carbocycles. The van der Waals surface area contributed by atoms with E-state index < -0.39 is 12.8 Å². The van der Waals surface area contributed by atoms with E-state index in [1.165, 1.54) is 0 Å². The van der Waals surface area contributed by atoms with E-state index in [-0.39, 0.29) is 6.42 Å². The van der Waals surface area contributed by atoms with Crippen molar-refractivity contribution in [2.75, 3.05) is 4.90 Å². The molecule has 5 heteroatoms. The molecule has 0 saturated heterocycles. The smallest absolute Gasteiger partial charge is 0.167 e. The van der Waals surface area contributed by atoms with Crippen molar-refractivity contribution in [3.05, 3.63) is 174 Å². The van der Waals surface area contributed by atoms with Gasteiger partial charge in [-0.25, -0.2) is 0 Å². The van der Waals surface area contributed by atoms with Gasteiger partial charge in [0.1, 0.15) is 5.66 Å². The van der Waals surface area contributed by atoms with Crippen LogP contribution in [0.3, 0.4) is 0 Å². The molecule has 4 N–H and O–H groups in total. The fourth-order valence-corrected chi connectivity index (χ4v) is 8.78. The summed E-state index contributed by atoms with van der Waals surface area (Å²) in [7, 11) is -3.38. The van der Waals surface area contributed by atoms with Gasteiger partial charge in [-0.2, -0.15) is 0 Å². The Bertz CT molecular complexity index is 1660. The normalized spacial score (nSPS) is 17.1. The molecule has 1 unspecified atom stereocenters. The molecule has 202 valence electrons. The van der Waals surface area contributed by atoms with Gasteiger partial charge in [0, 0.05) is 33.7 Å². The monoisotopic (exact) mass is 553 g/mol. The van der Waals surface area contributed by atoms with Gasteiger partial charge in [0.05, 0.1) is 5.70 Å². The van der Waals surface area contributed by atoms with E-state index >= 15 is 4.57 Å². The average molecular weight is 554 g/mol. The third-order valence-electron chi connectivity index (χ3n) is 7.68. The van der Waals surface area contributed by atoms with Crippen molar-refractivity contribution < 1.29 is 4.57 Å². The quantitative estimate of drug-likeness (QED) is 0.166. The molecule has 0 fully saturated rings. The number of rotatable bonds is 7. The van der Waals surface area contributed by atoms with Crippen LogP contribution in [0.4, 0.5) is 11.4 Å². The van der Waals surface area contributed by atoms with Crippen LogP contribution < -0.4 is 27.0 Å². The van der Waals surface area contributed by atoms with E-state index in [9.17, 15) is 0 Å². The van der Waals surface area contributed by atoms with Crippen molar-refractivity contribution >= 4 is 34.7 Å². The highest BCUT2D eigenvalue weighted by molar-refractivity contribution is 7.82. The predicted molar refractivity (Wildman–Crippen MR) is 172 cm³/mol. The van der Waals surface area contributed by atoms with Gasteiger partial charge in [0.25, 0.3) is 0 Å². The van der Waals surface area contributed by atoms with Crippen LogP contribution in [-0.2, 0) is 4.57 Å². The molecule has 0 aromatic heterocycles. The molecule has 41 heavy (non-hydrogen) atoms. The summed E-state index contributed by atoms with van der Waals surface area (Å²) in [6.07, 6.45) is 2.19. The molecule has 4 nitrogen and oxygen atoms in total. The lowest BCUT2D eigenvalue weighted by Crippen LogP contribution is -2.59. The van der Waals surface area contributed by atoms with E-state index in [1.54, 1.807) is 0 Å². The molecule has 0 aliphatic heterocycles. The molecular formula is C36H32N3OP. The largest absolute Gasteiger partial charge is 0.399 e. The minimum atomic E-state index is -3.38. The van der Waals surface area contributed by atoms with Gasteiger partial charge in [0.15, 0.2) is 7.14 Å². The molecule has 5 aromatic rings. The van der Waals surface area contributed by atoms with Crippen molar-refractivity contribution in [2.45, 2.75) is 12.1 Å². The summed E-state index contributed by atoms with van der Waals surface area (Å²) in [6, 6.07) is 49.5. The fraction of sp³-hybridized carbons (Fsp3) is 0.0556. The zero-order valence-electron chi connectivity index (χ0n) is 22.7. The van der Waals surface area contributed by atoms with Crippen molar-refractivity contribution in [2.24, 2.45) is 11.5 Å². The van der Waals surface area contributed by atoms with E-state index in [4.69, 9.17) is 11.5 Å². The maximum Gasteiger partial charge on any atom is 0.167 e. The summed E-state index contributed by atoms with van der Waals surface area (Å²) in [6.45, 7) is 0. The SMILES string of the molecule is NC1=CC(c2ccccc2)=C(P(=O)(c2ccccc2)c2ccccc2)CC1(N)N(c1ccccc1)c1ccccc1. The number of anilines is 2. The summed E-state index contributed by atoms with van der Waals surface area (Å²) in [5.41, 5.74) is 17.3. The summed E-state index contributed by atoms with van der Waals surface area (Å²) >= 11 is 0. The molecular weight excluding hydrogens is 521 g/mol. The minimum Gasteiger partial charge on any atom is -0.399 e. The van der Waals surface area contributed by atoms with E-state index in [2.05, 4.69) is 4.90 Å². The van der Waals surface area contributed by atoms with Crippen molar-refractivity contribution in [1.29, 1.82) is 0 Å². The van der Waals surface area contributed by atoms with Gasteiger partial charge in [-0.15, -0.1) is 0 Å². The van der Waals surface area contributed by atoms with E-state index in [0.29, 0.717) is 5.70 Å². The van der Waals surface area contributed by atoms with E-state index in [1.807, 2.05) is 158 Å². The van der Waals surface area contributed by atoms with Crippen LogP contribution in [0.1, 0.15) is 12.0 Å². The van der Waals surface area contributed by atoms with Gasteiger partial charge in [0.2, 0.25) is 0 Å². The van der Waals surface area contributed by atoms with Gasteiger partial charge in [-0.3, -0.25) is 0 Å². The zero-order valence-corrected chi connectivity index (χ0v) is 23.6. The van der Waals surface area contributed by atoms with Crippen LogP contribution in [-0.4, -0.2) is 5.66 Å². The van der Waals surface area contributed by atoms with Crippen molar-refractivity contribution in [1.82, 2.24) is 0 Å². The lowest BCUT2D eigenvalue weighted by molar-refractivity contribution is 0.496. The molecule has 0 heterocycles. The Morgan fingerprint density at radius 3 is 1.41 bits per heavy atom. The Kier molecular flexibility index (Phi) is 7.19. The second-order valence-corrected chi connectivity index (χ2v) is 13.0. The lowest BCUT2D eigenvalue weighted by Gasteiger charge is -2.46. The first-order chi connectivity index (χ1) is 20.0. The first-order valence-corrected chi connectivity index (χ1v) is 15.4. The average Bonchev–Trinajstić information content (AvgIpc) is 3.04. The first kappa shape index (κ1) is 26.6. The number of para-hydroxylation sites is 2. The molecule has 6 rings (SSSR count). The summed E-state index contributed by atoms with van der Waals surface area (Å²) in [4.78, 5) is 2.07. The number of hydrogen-bond donors (Lipinski definition) is 2. The highest BCUT2D eigenvalue weighted by Gasteiger charge is 2.46. The maximum atomic E-state index is 15.8. The van der Waals surface area contributed by atoms with Crippen LogP contribution >= 0.6 is 7.14 Å². The molecule has 1 atom stereocenters. The van der Waals surface area contributed by atoms with Crippen molar-refractivity contribution in [3.63, 3.8) is 0 Å². The predicted octanol–water partition coefficient (Wildman–Crippen LogP) is 7.15. The minimum absolute atomic E-state index is 0.254. The highest BCUT2D eigenvalue weighted by atomic mass is 31.2. The van der Waals surface area contributed by atoms with Crippen molar-refractivity contribution in [3.8, 4) is 0 Å². The molecule has 0 radical (unpaired) electrons. The summed E-state index contributed by atoms with van der Waals surface area (Å²) in [5, 5.41) is 2.29. The van der Waals surface area contributed by atoms with E-state index in [0.717, 1.165) is 38.4 Å². The second-order valence-electron chi connectivity index (χ2n) is 10.2. The molecule has 5 aromatic carbocycles. The number of nitrogens with zero attached hydrogens (tertiary/aromatic N) is 1. The summed E-state index contributed by atoms with van der Waals surface area (Å²) in [5.74, 6) is 0. The van der Waals surface area contributed by atoms with Crippen LogP contribution in [0.2, 0.25) is 0 Å². The van der Waals surface area contributed by atoms with Crippen LogP contribution in [0, 0.1) is 0 Å². The number of benzene rings is 5. The lowest BCUT2D eigenvalue weighted by atomic mass is 9.88. The molecule has 0 amide bonds. The third-order valence-corrected chi connectivity index (χ3v) is 10.9.